The van der Waals surface area contributed by atoms with Crippen molar-refractivity contribution in [1.29, 1.82) is 0 Å². The van der Waals surface area contributed by atoms with Gasteiger partial charge in [-0.1, -0.05) is 12.1 Å². The number of anilines is 1. The van der Waals surface area contributed by atoms with Gasteiger partial charge >= 0.3 is 0 Å². The van der Waals surface area contributed by atoms with Gasteiger partial charge in [0.25, 0.3) is 0 Å². The Morgan fingerprint density at radius 3 is 2.86 bits per heavy atom. The first-order valence-corrected chi connectivity index (χ1v) is 6.46. The van der Waals surface area contributed by atoms with Crippen molar-refractivity contribution in [3.8, 4) is 5.75 Å². The lowest BCUT2D eigenvalue weighted by Gasteiger charge is -2.06. The fourth-order valence-electron chi connectivity index (χ4n) is 2.03. The Kier molecular flexibility index (Phi) is 3.51. The number of benzene rings is 1. The Morgan fingerprint density at radius 1 is 1.29 bits per heavy atom. The van der Waals surface area contributed by atoms with Crippen LogP contribution in [0, 0.1) is 0 Å². The lowest BCUT2D eigenvalue weighted by atomic mass is 10.1. The molecule has 21 heavy (non-hydrogen) atoms. The fraction of sp³-hybridized carbons (Fsp3) is 0.133. The SMILES string of the molecule is COc1ccc(CC(=O)Nc2cnc3nc[nH]c3c2)cc1. The van der Waals surface area contributed by atoms with Gasteiger partial charge in [0, 0.05) is 0 Å². The molecule has 0 unspecified atom stereocenters. The van der Waals surface area contributed by atoms with Crippen LogP contribution in [-0.4, -0.2) is 28.0 Å². The molecule has 106 valence electrons. The van der Waals surface area contributed by atoms with Gasteiger partial charge < -0.3 is 15.0 Å². The second-order valence-corrected chi connectivity index (χ2v) is 4.57. The van der Waals surface area contributed by atoms with Crippen LogP contribution in [0.3, 0.4) is 0 Å². The van der Waals surface area contributed by atoms with Crippen molar-refractivity contribution in [3.05, 3.63) is 48.4 Å². The van der Waals surface area contributed by atoms with E-state index in [1.807, 2.05) is 24.3 Å². The summed E-state index contributed by atoms with van der Waals surface area (Å²) in [7, 11) is 1.61. The van der Waals surface area contributed by atoms with E-state index in [0.717, 1.165) is 16.8 Å². The van der Waals surface area contributed by atoms with Crippen LogP contribution < -0.4 is 10.1 Å². The minimum absolute atomic E-state index is 0.0965. The van der Waals surface area contributed by atoms with Gasteiger partial charge in [-0.3, -0.25) is 4.79 Å². The molecule has 0 spiro atoms. The molecule has 0 saturated heterocycles. The number of carbonyl (C=O) groups excluding carboxylic acids is 1. The molecule has 2 N–H and O–H groups in total. The van der Waals surface area contributed by atoms with E-state index >= 15 is 0 Å². The largest absolute Gasteiger partial charge is 0.497 e. The maximum absolute atomic E-state index is 12.0. The van der Waals surface area contributed by atoms with Gasteiger partial charge in [-0.2, -0.15) is 0 Å². The lowest BCUT2D eigenvalue weighted by molar-refractivity contribution is -0.115. The van der Waals surface area contributed by atoms with Gasteiger partial charge in [-0.05, 0) is 23.8 Å². The number of H-pyrrole nitrogens is 1. The zero-order valence-electron chi connectivity index (χ0n) is 11.5. The summed E-state index contributed by atoms with van der Waals surface area (Å²) in [5.74, 6) is 0.675. The Hall–Kier alpha value is -2.89. The van der Waals surface area contributed by atoms with Gasteiger partial charge in [0.15, 0.2) is 5.65 Å². The van der Waals surface area contributed by atoms with Crippen LogP contribution in [0.4, 0.5) is 5.69 Å². The highest BCUT2D eigenvalue weighted by Gasteiger charge is 2.06. The zero-order chi connectivity index (χ0) is 14.7. The molecule has 0 fully saturated rings. The third kappa shape index (κ3) is 3.00. The molecule has 1 amide bonds. The van der Waals surface area contributed by atoms with E-state index in [4.69, 9.17) is 4.74 Å². The number of aromatic amines is 1. The quantitative estimate of drug-likeness (QED) is 0.768. The summed E-state index contributed by atoms with van der Waals surface area (Å²) < 4.78 is 5.08. The summed E-state index contributed by atoms with van der Waals surface area (Å²) in [6.07, 6.45) is 3.46. The zero-order valence-corrected chi connectivity index (χ0v) is 11.5. The maximum atomic E-state index is 12.0. The van der Waals surface area contributed by atoms with Crippen molar-refractivity contribution in [2.24, 2.45) is 0 Å². The van der Waals surface area contributed by atoms with Crippen LogP contribution in [-0.2, 0) is 11.2 Å². The number of amides is 1. The summed E-state index contributed by atoms with van der Waals surface area (Å²) in [5.41, 5.74) is 2.98. The van der Waals surface area contributed by atoms with Crippen LogP contribution in [0.15, 0.2) is 42.9 Å². The fourth-order valence-corrected chi connectivity index (χ4v) is 2.03. The van der Waals surface area contributed by atoms with Crippen LogP contribution in [0.5, 0.6) is 5.75 Å². The molecule has 0 aliphatic carbocycles. The van der Waals surface area contributed by atoms with E-state index in [0.29, 0.717) is 17.8 Å². The van der Waals surface area contributed by atoms with Crippen molar-refractivity contribution in [2.75, 3.05) is 12.4 Å². The molecule has 6 heteroatoms. The second-order valence-electron chi connectivity index (χ2n) is 4.57. The summed E-state index contributed by atoms with van der Waals surface area (Å²) >= 11 is 0. The number of aromatic nitrogens is 3. The number of nitrogens with one attached hydrogen (secondary N) is 2. The molecule has 6 nitrogen and oxygen atoms in total. The van der Waals surface area contributed by atoms with Gasteiger partial charge in [0.05, 0.1) is 37.3 Å². The third-order valence-electron chi connectivity index (χ3n) is 3.08. The Bertz CT molecular complexity index is 765. The van der Waals surface area contributed by atoms with Gasteiger partial charge in [-0.15, -0.1) is 0 Å². The number of imidazole rings is 1. The first-order valence-electron chi connectivity index (χ1n) is 6.46. The summed E-state index contributed by atoms with van der Waals surface area (Å²) in [6, 6.07) is 9.21. The molecule has 0 atom stereocenters. The van der Waals surface area contributed by atoms with E-state index in [2.05, 4.69) is 20.3 Å². The first kappa shape index (κ1) is 13.1. The van der Waals surface area contributed by atoms with Gasteiger partial charge in [0.2, 0.25) is 5.91 Å². The minimum Gasteiger partial charge on any atom is -0.497 e. The van der Waals surface area contributed by atoms with Crippen molar-refractivity contribution in [3.63, 3.8) is 0 Å². The number of methoxy groups -OCH3 is 1. The normalized spacial score (nSPS) is 10.5. The number of pyridine rings is 1. The van der Waals surface area contributed by atoms with Gasteiger partial charge in [-0.25, -0.2) is 9.97 Å². The Labute approximate surface area is 121 Å². The van der Waals surface area contributed by atoms with Crippen LogP contribution in [0.2, 0.25) is 0 Å². The van der Waals surface area contributed by atoms with Crippen molar-refractivity contribution in [2.45, 2.75) is 6.42 Å². The molecule has 0 radical (unpaired) electrons. The van der Waals surface area contributed by atoms with Crippen LogP contribution in [0.1, 0.15) is 5.56 Å². The lowest BCUT2D eigenvalue weighted by Crippen LogP contribution is -2.14. The van der Waals surface area contributed by atoms with E-state index < -0.39 is 0 Å². The minimum atomic E-state index is -0.0965. The van der Waals surface area contributed by atoms with Crippen molar-refractivity contribution in [1.82, 2.24) is 15.0 Å². The number of rotatable bonds is 4. The monoisotopic (exact) mass is 282 g/mol. The smallest absolute Gasteiger partial charge is 0.228 e. The topological polar surface area (TPSA) is 79.9 Å². The maximum Gasteiger partial charge on any atom is 0.228 e. The highest BCUT2D eigenvalue weighted by Crippen LogP contribution is 2.14. The predicted molar refractivity (Wildman–Crippen MR) is 79.2 cm³/mol. The summed E-state index contributed by atoms with van der Waals surface area (Å²) in [5, 5.41) is 2.82. The Morgan fingerprint density at radius 2 is 2.10 bits per heavy atom. The third-order valence-corrected chi connectivity index (χ3v) is 3.08. The molecule has 3 rings (SSSR count). The molecule has 0 saturated carbocycles. The highest BCUT2D eigenvalue weighted by atomic mass is 16.5. The molecular formula is C15H14N4O2. The standard InChI is InChI=1S/C15H14N4O2/c1-21-12-4-2-10(3-5-12)6-14(20)19-11-7-13-15(16-8-11)18-9-17-13/h2-5,7-9H,6H2,1H3,(H,19,20)(H,16,17,18). The average Bonchev–Trinajstić information content (AvgIpc) is 2.95. The molecule has 2 aromatic heterocycles. The second kappa shape index (κ2) is 5.62. The van der Waals surface area contributed by atoms with Crippen LogP contribution in [0.25, 0.3) is 11.2 Å². The Balaban J connectivity index is 1.67. The first-order chi connectivity index (χ1) is 10.2. The molecule has 1 aromatic carbocycles. The van der Waals surface area contributed by atoms with Gasteiger partial charge in [0.1, 0.15) is 5.75 Å². The van der Waals surface area contributed by atoms with Crippen molar-refractivity contribution < 1.29 is 9.53 Å². The number of nitrogens with zero attached hydrogens (tertiary/aromatic N) is 2. The number of hydrogen-bond acceptors (Lipinski definition) is 4. The van der Waals surface area contributed by atoms with E-state index in [-0.39, 0.29) is 5.91 Å². The molecule has 2 heterocycles. The number of hydrogen-bond donors (Lipinski definition) is 2. The van der Waals surface area contributed by atoms with Crippen LogP contribution >= 0.6 is 0 Å². The van der Waals surface area contributed by atoms with E-state index in [1.54, 1.807) is 25.7 Å². The molecule has 0 aliphatic rings. The van der Waals surface area contributed by atoms with Crippen molar-refractivity contribution >= 4 is 22.8 Å². The highest BCUT2D eigenvalue weighted by molar-refractivity contribution is 5.93. The summed E-state index contributed by atoms with van der Waals surface area (Å²) in [6.45, 7) is 0. The summed E-state index contributed by atoms with van der Waals surface area (Å²) in [4.78, 5) is 23.2. The van der Waals surface area contributed by atoms with E-state index in [1.165, 1.54) is 0 Å². The number of fused-ring (bicyclic) bond motifs is 1. The predicted octanol–water partition coefficient (Wildman–Crippen LogP) is 2.15. The molecule has 0 aliphatic heterocycles. The van der Waals surface area contributed by atoms with E-state index in [9.17, 15) is 4.79 Å². The number of carbonyl (C=O) groups is 1. The molecule has 0 bridgehead atoms. The number of ether oxygens (including phenoxy) is 1. The molecule has 3 aromatic rings. The molecular weight excluding hydrogens is 268 g/mol. The average molecular weight is 282 g/mol.